The number of benzene rings is 1. The molecule has 0 aliphatic carbocycles. The van der Waals surface area contributed by atoms with Crippen molar-refractivity contribution in [1.82, 2.24) is 10.6 Å². The van der Waals surface area contributed by atoms with Gasteiger partial charge in [0.2, 0.25) is 0 Å². The van der Waals surface area contributed by atoms with E-state index < -0.39 is 0 Å². The lowest BCUT2D eigenvalue weighted by atomic mass is 10.1. The lowest BCUT2D eigenvalue weighted by molar-refractivity contribution is 0.416. The minimum absolute atomic E-state index is 0.0845. The van der Waals surface area contributed by atoms with E-state index in [0.29, 0.717) is 0 Å². The van der Waals surface area contributed by atoms with E-state index in [1.165, 1.54) is 6.07 Å². The summed E-state index contributed by atoms with van der Waals surface area (Å²) in [5, 5.41) is 6.52. The molecule has 1 aliphatic rings. The van der Waals surface area contributed by atoms with Gasteiger partial charge in [-0.25, -0.2) is 4.39 Å². The van der Waals surface area contributed by atoms with Crippen LogP contribution in [0.3, 0.4) is 0 Å². The van der Waals surface area contributed by atoms with Gasteiger partial charge in [0.25, 0.3) is 0 Å². The van der Waals surface area contributed by atoms with E-state index in [0.717, 1.165) is 29.7 Å². The van der Waals surface area contributed by atoms with Gasteiger partial charge in [0.05, 0.1) is 0 Å². The fraction of sp³-hybridized carbons (Fsp3) is 0.400. The van der Waals surface area contributed by atoms with Gasteiger partial charge in [-0.2, -0.15) is 0 Å². The van der Waals surface area contributed by atoms with E-state index in [1.54, 1.807) is 6.07 Å². The molecule has 1 aliphatic heterocycles. The zero-order chi connectivity index (χ0) is 9.97. The summed E-state index contributed by atoms with van der Waals surface area (Å²) in [6.07, 6.45) is 0. The minimum atomic E-state index is -0.144. The second-order valence-corrected chi connectivity index (χ2v) is 4.29. The topological polar surface area (TPSA) is 24.1 Å². The first-order chi connectivity index (χ1) is 6.77. The summed E-state index contributed by atoms with van der Waals surface area (Å²) < 4.78 is 14.4. The van der Waals surface area contributed by atoms with E-state index in [2.05, 4.69) is 26.6 Å². The predicted octanol–water partition coefficient (Wildman–Crippen LogP) is 1.82. The normalized spacial score (nSPS) is 22.3. The van der Waals surface area contributed by atoms with Crippen molar-refractivity contribution in [1.29, 1.82) is 0 Å². The largest absolute Gasteiger partial charge is 0.314 e. The van der Waals surface area contributed by atoms with Gasteiger partial charge in [-0.15, -0.1) is 0 Å². The molecule has 2 nitrogen and oxygen atoms in total. The summed E-state index contributed by atoms with van der Waals surface area (Å²) >= 11 is 3.35. The molecule has 0 saturated carbocycles. The van der Waals surface area contributed by atoms with Crippen molar-refractivity contribution >= 4 is 15.9 Å². The number of rotatable bonds is 1. The van der Waals surface area contributed by atoms with Gasteiger partial charge >= 0.3 is 0 Å². The van der Waals surface area contributed by atoms with Gasteiger partial charge in [0.1, 0.15) is 5.82 Å². The van der Waals surface area contributed by atoms with Gasteiger partial charge in [0.15, 0.2) is 0 Å². The highest BCUT2D eigenvalue weighted by atomic mass is 79.9. The van der Waals surface area contributed by atoms with Crippen LogP contribution in [-0.4, -0.2) is 19.6 Å². The summed E-state index contributed by atoms with van der Waals surface area (Å²) in [4.78, 5) is 0. The van der Waals surface area contributed by atoms with Crippen LogP contribution in [0.4, 0.5) is 4.39 Å². The lowest BCUT2D eigenvalue weighted by Gasteiger charge is -2.25. The van der Waals surface area contributed by atoms with Crippen molar-refractivity contribution in [2.45, 2.75) is 6.04 Å². The number of halogens is 2. The molecule has 1 unspecified atom stereocenters. The van der Waals surface area contributed by atoms with Gasteiger partial charge in [-0.3, -0.25) is 0 Å². The van der Waals surface area contributed by atoms with Crippen LogP contribution in [0.1, 0.15) is 11.6 Å². The molecule has 14 heavy (non-hydrogen) atoms. The standard InChI is InChI=1S/C10H12BrFN2/c11-7-1-2-9(12)8(5-7)10-6-13-3-4-14-10/h1-2,5,10,13-14H,3-4,6H2. The Bertz CT molecular complexity index is 324. The van der Waals surface area contributed by atoms with Gasteiger partial charge in [-0.1, -0.05) is 15.9 Å². The van der Waals surface area contributed by atoms with E-state index in [1.807, 2.05) is 6.07 Å². The molecule has 2 N–H and O–H groups in total. The third-order valence-corrected chi connectivity index (χ3v) is 2.87. The second-order valence-electron chi connectivity index (χ2n) is 3.38. The molecule has 1 saturated heterocycles. The summed E-state index contributed by atoms with van der Waals surface area (Å²) in [5.74, 6) is -0.144. The fourth-order valence-electron chi connectivity index (χ4n) is 1.65. The molecule has 0 spiro atoms. The Morgan fingerprint density at radius 3 is 2.93 bits per heavy atom. The second kappa shape index (κ2) is 4.38. The van der Waals surface area contributed by atoms with Crippen LogP contribution in [0, 0.1) is 5.82 Å². The summed E-state index contributed by atoms with van der Waals surface area (Å²) in [6, 6.07) is 5.13. The van der Waals surface area contributed by atoms with Gasteiger partial charge in [-0.05, 0) is 18.2 Å². The Morgan fingerprint density at radius 1 is 1.36 bits per heavy atom. The van der Waals surface area contributed by atoms with E-state index in [9.17, 15) is 4.39 Å². The van der Waals surface area contributed by atoms with Gasteiger partial charge in [0, 0.05) is 35.7 Å². The van der Waals surface area contributed by atoms with E-state index in [-0.39, 0.29) is 11.9 Å². The van der Waals surface area contributed by atoms with Crippen LogP contribution in [0.5, 0.6) is 0 Å². The monoisotopic (exact) mass is 258 g/mol. The average molecular weight is 259 g/mol. The first-order valence-electron chi connectivity index (χ1n) is 4.66. The maximum atomic E-state index is 13.5. The number of hydrogen-bond acceptors (Lipinski definition) is 2. The van der Waals surface area contributed by atoms with Crippen molar-refractivity contribution in [3.05, 3.63) is 34.1 Å². The molecular formula is C10H12BrFN2. The molecule has 1 aromatic carbocycles. The maximum absolute atomic E-state index is 13.5. The SMILES string of the molecule is Fc1ccc(Br)cc1C1CNCCN1. The Morgan fingerprint density at radius 2 is 2.21 bits per heavy atom. The smallest absolute Gasteiger partial charge is 0.128 e. The van der Waals surface area contributed by atoms with E-state index in [4.69, 9.17) is 0 Å². The first-order valence-corrected chi connectivity index (χ1v) is 5.46. The number of piperazine rings is 1. The summed E-state index contributed by atoms with van der Waals surface area (Å²) in [5.41, 5.74) is 0.728. The van der Waals surface area contributed by atoms with Crippen LogP contribution in [-0.2, 0) is 0 Å². The highest BCUT2D eigenvalue weighted by Crippen LogP contribution is 2.22. The lowest BCUT2D eigenvalue weighted by Crippen LogP contribution is -2.42. The van der Waals surface area contributed by atoms with Crippen LogP contribution in [0.15, 0.2) is 22.7 Å². The Hall–Kier alpha value is -0.450. The molecule has 0 radical (unpaired) electrons. The highest BCUT2D eigenvalue weighted by Gasteiger charge is 2.17. The molecule has 0 bridgehead atoms. The Balaban J connectivity index is 2.24. The van der Waals surface area contributed by atoms with Crippen LogP contribution >= 0.6 is 15.9 Å². The fourth-order valence-corrected chi connectivity index (χ4v) is 2.03. The molecule has 1 aromatic rings. The van der Waals surface area contributed by atoms with Crippen molar-refractivity contribution in [3.8, 4) is 0 Å². The van der Waals surface area contributed by atoms with Gasteiger partial charge < -0.3 is 10.6 Å². The Labute approximate surface area is 91.0 Å². The van der Waals surface area contributed by atoms with Crippen molar-refractivity contribution in [2.24, 2.45) is 0 Å². The summed E-state index contributed by atoms with van der Waals surface area (Å²) in [6.45, 7) is 2.62. The number of hydrogen-bond donors (Lipinski definition) is 2. The van der Waals surface area contributed by atoms with Crippen molar-refractivity contribution in [2.75, 3.05) is 19.6 Å². The molecule has 0 amide bonds. The molecule has 0 aromatic heterocycles. The molecule has 4 heteroatoms. The molecular weight excluding hydrogens is 247 g/mol. The van der Waals surface area contributed by atoms with Crippen molar-refractivity contribution in [3.63, 3.8) is 0 Å². The zero-order valence-electron chi connectivity index (χ0n) is 7.69. The van der Waals surface area contributed by atoms with Crippen LogP contribution in [0.25, 0.3) is 0 Å². The zero-order valence-corrected chi connectivity index (χ0v) is 9.27. The third-order valence-electron chi connectivity index (χ3n) is 2.37. The molecule has 1 atom stereocenters. The van der Waals surface area contributed by atoms with E-state index >= 15 is 0 Å². The van der Waals surface area contributed by atoms with Crippen LogP contribution < -0.4 is 10.6 Å². The van der Waals surface area contributed by atoms with Crippen molar-refractivity contribution < 1.29 is 4.39 Å². The maximum Gasteiger partial charge on any atom is 0.128 e. The molecule has 2 rings (SSSR count). The number of nitrogens with one attached hydrogen (secondary N) is 2. The molecule has 1 heterocycles. The van der Waals surface area contributed by atoms with Crippen LogP contribution in [0.2, 0.25) is 0 Å². The predicted molar refractivity (Wildman–Crippen MR) is 57.7 cm³/mol. The minimum Gasteiger partial charge on any atom is -0.314 e. The average Bonchev–Trinajstić information content (AvgIpc) is 2.23. The molecule has 1 fully saturated rings. The highest BCUT2D eigenvalue weighted by molar-refractivity contribution is 9.10. The Kier molecular flexibility index (Phi) is 3.15. The third kappa shape index (κ3) is 2.13. The molecule has 76 valence electrons. The quantitative estimate of drug-likeness (QED) is 0.803. The first kappa shape index (κ1) is 10.1. The summed E-state index contributed by atoms with van der Waals surface area (Å²) in [7, 11) is 0.